The van der Waals surface area contributed by atoms with E-state index in [0.717, 1.165) is 8.95 Å². The molecular weight excluding hydrogens is 406 g/mol. The van der Waals surface area contributed by atoms with Crippen LogP contribution in [0.3, 0.4) is 0 Å². The average molecular weight is 419 g/mol. The first-order chi connectivity index (χ1) is 9.97. The molecule has 0 aliphatic heterocycles. The second kappa shape index (κ2) is 7.01. The molecule has 0 atom stereocenters. The standard InChI is InChI=1S/C12H13Br2N5O2/c1-6(2)20-11-16-10(19-15)17-12(18-11)21-9-4-3-7(13)5-8(9)14/h3-6H,15H2,1-2H3,(H,16,17,18,19). The fraction of sp³-hybridized carbons (Fsp3) is 0.250. The third-order valence-electron chi connectivity index (χ3n) is 2.16. The molecule has 0 radical (unpaired) electrons. The number of halogens is 2. The smallest absolute Gasteiger partial charge is 0.330 e. The van der Waals surface area contributed by atoms with Gasteiger partial charge in [-0.15, -0.1) is 4.98 Å². The number of rotatable bonds is 5. The molecule has 7 nitrogen and oxygen atoms in total. The van der Waals surface area contributed by atoms with Crippen LogP contribution in [0.4, 0.5) is 5.95 Å². The maximum atomic E-state index is 5.62. The summed E-state index contributed by atoms with van der Waals surface area (Å²) in [5.74, 6) is 6.05. The lowest BCUT2D eigenvalue weighted by molar-refractivity contribution is 0.218. The number of hydrazine groups is 1. The summed E-state index contributed by atoms with van der Waals surface area (Å²) in [6.45, 7) is 3.73. The first kappa shape index (κ1) is 15.9. The summed E-state index contributed by atoms with van der Waals surface area (Å²) in [5, 5.41) is 0. The Morgan fingerprint density at radius 2 is 1.86 bits per heavy atom. The number of hydrogen-bond acceptors (Lipinski definition) is 7. The van der Waals surface area contributed by atoms with Crippen molar-refractivity contribution >= 4 is 37.8 Å². The number of ether oxygens (including phenoxy) is 2. The van der Waals surface area contributed by atoms with Crippen LogP contribution in [0.5, 0.6) is 17.8 Å². The Labute approximate surface area is 138 Å². The van der Waals surface area contributed by atoms with Crippen molar-refractivity contribution in [1.82, 2.24) is 15.0 Å². The fourth-order valence-corrected chi connectivity index (χ4v) is 2.50. The van der Waals surface area contributed by atoms with E-state index in [1.54, 1.807) is 6.07 Å². The van der Waals surface area contributed by atoms with Crippen molar-refractivity contribution in [2.75, 3.05) is 5.43 Å². The van der Waals surface area contributed by atoms with E-state index in [-0.39, 0.29) is 24.1 Å². The van der Waals surface area contributed by atoms with Crippen LogP contribution >= 0.6 is 31.9 Å². The van der Waals surface area contributed by atoms with Crippen molar-refractivity contribution in [2.45, 2.75) is 20.0 Å². The van der Waals surface area contributed by atoms with Gasteiger partial charge in [0.1, 0.15) is 5.75 Å². The van der Waals surface area contributed by atoms with Crippen LogP contribution in [0, 0.1) is 0 Å². The SMILES string of the molecule is CC(C)Oc1nc(NN)nc(Oc2ccc(Br)cc2Br)n1. The third-order valence-corrected chi connectivity index (χ3v) is 3.27. The minimum Gasteiger partial charge on any atom is -0.461 e. The molecule has 0 saturated carbocycles. The molecule has 3 N–H and O–H groups in total. The first-order valence-corrected chi connectivity index (χ1v) is 7.59. The second-order valence-electron chi connectivity index (χ2n) is 4.21. The Morgan fingerprint density at radius 3 is 2.48 bits per heavy atom. The molecule has 0 fully saturated rings. The largest absolute Gasteiger partial charge is 0.461 e. The number of anilines is 1. The summed E-state index contributed by atoms with van der Waals surface area (Å²) in [7, 11) is 0. The van der Waals surface area contributed by atoms with E-state index >= 15 is 0 Å². The van der Waals surface area contributed by atoms with Gasteiger partial charge in [0.05, 0.1) is 10.6 Å². The lowest BCUT2D eigenvalue weighted by atomic mass is 10.3. The minimum absolute atomic E-state index is 0.0784. The number of nitrogens with zero attached hydrogens (tertiary/aromatic N) is 3. The maximum Gasteiger partial charge on any atom is 0.330 e. The van der Waals surface area contributed by atoms with E-state index in [9.17, 15) is 0 Å². The molecule has 1 heterocycles. The predicted molar refractivity (Wildman–Crippen MR) is 85.3 cm³/mol. The van der Waals surface area contributed by atoms with Crippen molar-refractivity contribution in [3.8, 4) is 17.8 Å². The Kier molecular flexibility index (Phi) is 5.32. The molecule has 1 aromatic heterocycles. The summed E-state index contributed by atoms with van der Waals surface area (Å²) < 4.78 is 12.7. The number of nitrogen functional groups attached to an aromatic ring is 1. The molecule has 0 bridgehead atoms. The van der Waals surface area contributed by atoms with E-state index in [0.29, 0.717) is 5.75 Å². The second-order valence-corrected chi connectivity index (χ2v) is 5.98. The molecular formula is C12H13Br2N5O2. The van der Waals surface area contributed by atoms with E-state index < -0.39 is 0 Å². The summed E-state index contributed by atoms with van der Waals surface area (Å²) in [6.07, 6.45) is -0.0784. The highest BCUT2D eigenvalue weighted by atomic mass is 79.9. The van der Waals surface area contributed by atoms with Gasteiger partial charge in [0, 0.05) is 4.47 Å². The molecule has 9 heteroatoms. The summed E-state index contributed by atoms with van der Waals surface area (Å²) in [4.78, 5) is 12.1. The van der Waals surface area contributed by atoms with E-state index in [4.69, 9.17) is 15.3 Å². The van der Waals surface area contributed by atoms with Gasteiger partial charge in [-0.1, -0.05) is 15.9 Å². The van der Waals surface area contributed by atoms with E-state index in [2.05, 4.69) is 52.2 Å². The zero-order valence-electron chi connectivity index (χ0n) is 11.3. The van der Waals surface area contributed by atoms with Crippen LogP contribution in [-0.4, -0.2) is 21.1 Å². The van der Waals surface area contributed by atoms with Crippen LogP contribution in [0.15, 0.2) is 27.1 Å². The van der Waals surface area contributed by atoms with Crippen LogP contribution in [0.1, 0.15) is 13.8 Å². The molecule has 0 saturated heterocycles. The van der Waals surface area contributed by atoms with Gasteiger partial charge in [0.2, 0.25) is 5.95 Å². The van der Waals surface area contributed by atoms with Crippen molar-refractivity contribution in [1.29, 1.82) is 0 Å². The first-order valence-electron chi connectivity index (χ1n) is 6.00. The minimum atomic E-state index is -0.0784. The Morgan fingerprint density at radius 1 is 1.14 bits per heavy atom. The lowest BCUT2D eigenvalue weighted by Crippen LogP contribution is -2.15. The normalized spacial score (nSPS) is 10.6. The summed E-state index contributed by atoms with van der Waals surface area (Å²) in [5.41, 5.74) is 2.35. The molecule has 21 heavy (non-hydrogen) atoms. The number of benzene rings is 1. The van der Waals surface area contributed by atoms with Crippen molar-refractivity contribution < 1.29 is 9.47 Å². The van der Waals surface area contributed by atoms with Crippen molar-refractivity contribution in [3.05, 3.63) is 27.1 Å². The van der Waals surface area contributed by atoms with Gasteiger partial charge in [-0.05, 0) is 48.0 Å². The monoisotopic (exact) mass is 417 g/mol. The van der Waals surface area contributed by atoms with E-state index in [1.807, 2.05) is 26.0 Å². The van der Waals surface area contributed by atoms with Gasteiger partial charge in [0.25, 0.3) is 0 Å². The number of aromatic nitrogens is 3. The maximum absolute atomic E-state index is 5.62. The van der Waals surface area contributed by atoms with Crippen LogP contribution in [0.2, 0.25) is 0 Å². The van der Waals surface area contributed by atoms with Gasteiger partial charge >= 0.3 is 12.0 Å². The number of hydrogen-bond donors (Lipinski definition) is 2. The quantitative estimate of drug-likeness (QED) is 0.568. The molecule has 112 valence electrons. The van der Waals surface area contributed by atoms with Gasteiger partial charge in [0.15, 0.2) is 0 Å². The van der Waals surface area contributed by atoms with Crippen molar-refractivity contribution in [2.24, 2.45) is 5.84 Å². The van der Waals surface area contributed by atoms with Crippen LogP contribution < -0.4 is 20.7 Å². The molecule has 0 aliphatic rings. The van der Waals surface area contributed by atoms with E-state index in [1.165, 1.54) is 0 Å². The topological polar surface area (TPSA) is 95.2 Å². The highest BCUT2D eigenvalue weighted by Crippen LogP contribution is 2.31. The molecule has 2 rings (SSSR count). The summed E-state index contributed by atoms with van der Waals surface area (Å²) >= 11 is 6.77. The Balaban J connectivity index is 2.29. The zero-order chi connectivity index (χ0) is 15.4. The predicted octanol–water partition coefficient (Wildman–Crippen LogP) is 3.26. The van der Waals surface area contributed by atoms with Crippen molar-refractivity contribution in [3.63, 3.8) is 0 Å². The zero-order valence-corrected chi connectivity index (χ0v) is 14.5. The Hall–Kier alpha value is -1.45. The molecule has 0 aliphatic carbocycles. The van der Waals surface area contributed by atoms with Gasteiger partial charge in [-0.3, -0.25) is 5.43 Å². The molecule has 2 aromatic rings. The molecule has 1 aromatic carbocycles. The number of nitrogens with two attached hydrogens (primary N) is 1. The third kappa shape index (κ3) is 4.51. The molecule has 0 spiro atoms. The Bertz CT molecular complexity index is 639. The van der Waals surface area contributed by atoms with Gasteiger partial charge < -0.3 is 9.47 Å². The highest BCUT2D eigenvalue weighted by Gasteiger charge is 2.12. The van der Waals surface area contributed by atoms with Gasteiger partial charge in [-0.25, -0.2) is 5.84 Å². The highest BCUT2D eigenvalue weighted by molar-refractivity contribution is 9.11. The molecule has 0 unspecified atom stereocenters. The molecule has 0 amide bonds. The lowest BCUT2D eigenvalue weighted by Gasteiger charge is -2.11. The van der Waals surface area contributed by atoms with Gasteiger partial charge in [-0.2, -0.15) is 9.97 Å². The number of nitrogens with one attached hydrogen (secondary N) is 1. The van der Waals surface area contributed by atoms with Crippen LogP contribution in [0.25, 0.3) is 0 Å². The average Bonchev–Trinajstić information content (AvgIpc) is 2.41. The summed E-state index contributed by atoms with van der Waals surface area (Å²) in [6, 6.07) is 5.68. The fourth-order valence-electron chi connectivity index (χ4n) is 1.37. The van der Waals surface area contributed by atoms with Crippen LogP contribution in [-0.2, 0) is 0 Å².